The van der Waals surface area contributed by atoms with Crippen molar-refractivity contribution in [3.05, 3.63) is 24.3 Å². The first-order valence-electron chi connectivity index (χ1n) is 10.2. The van der Waals surface area contributed by atoms with Crippen LogP contribution in [0.25, 0.3) is 0 Å². The van der Waals surface area contributed by atoms with Gasteiger partial charge >= 0.3 is 5.97 Å². The molecule has 1 unspecified atom stereocenters. The summed E-state index contributed by atoms with van der Waals surface area (Å²) in [5.74, 6) is 0.813. The number of esters is 1. The predicted molar refractivity (Wildman–Crippen MR) is 122 cm³/mol. The van der Waals surface area contributed by atoms with Gasteiger partial charge in [-0.15, -0.1) is 0 Å². The number of aliphatic hydroxyl groups is 1. The fourth-order valence-electron chi connectivity index (χ4n) is 3.63. The Labute approximate surface area is 179 Å². The van der Waals surface area contributed by atoms with Gasteiger partial charge in [0.2, 0.25) is 0 Å². The molecule has 156 valence electrons. The summed E-state index contributed by atoms with van der Waals surface area (Å²) < 4.78 is 10.6. The number of carbonyl (C=O) groups excluding carboxylic acids is 1. The summed E-state index contributed by atoms with van der Waals surface area (Å²) in [6.07, 6.45) is 18.4. The summed E-state index contributed by atoms with van der Waals surface area (Å²) in [6.45, 7) is 2.66. The van der Waals surface area contributed by atoms with Crippen LogP contribution in [0, 0.1) is 11.8 Å². The van der Waals surface area contributed by atoms with Gasteiger partial charge in [0, 0.05) is 12.3 Å². The maximum absolute atomic E-state index is 11.1. The van der Waals surface area contributed by atoms with Gasteiger partial charge in [-0.25, -0.2) is 0 Å². The Balaban J connectivity index is 2.47. The highest BCUT2D eigenvalue weighted by Gasteiger charge is 2.34. The van der Waals surface area contributed by atoms with Crippen LogP contribution in [0.3, 0.4) is 0 Å². The van der Waals surface area contributed by atoms with Crippen molar-refractivity contribution < 1.29 is 19.2 Å². The van der Waals surface area contributed by atoms with E-state index in [4.69, 9.17) is 4.52 Å². The Morgan fingerprint density at radius 3 is 2.81 bits per heavy atom. The third-order valence-electron chi connectivity index (χ3n) is 5.24. The Kier molecular flexibility index (Phi) is 14.8. The van der Waals surface area contributed by atoms with E-state index in [1.165, 1.54) is 26.4 Å². The van der Waals surface area contributed by atoms with E-state index in [0.29, 0.717) is 24.7 Å². The number of rotatable bonds is 14. The van der Waals surface area contributed by atoms with Gasteiger partial charge in [-0.3, -0.25) is 4.79 Å². The van der Waals surface area contributed by atoms with Crippen LogP contribution in [0.1, 0.15) is 71.1 Å². The molecule has 0 aromatic rings. The van der Waals surface area contributed by atoms with Gasteiger partial charge in [0.1, 0.15) is 0 Å². The minimum atomic E-state index is -0.339. The fourth-order valence-corrected chi connectivity index (χ4v) is 5.00. The second-order valence-corrected chi connectivity index (χ2v) is 8.98. The maximum Gasteiger partial charge on any atom is 0.305 e. The van der Waals surface area contributed by atoms with E-state index in [1.807, 2.05) is 6.08 Å². The summed E-state index contributed by atoms with van der Waals surface area (Å²) in [5, 5.41) is 10.2. The topological polar surface area (TPSA) is 55.8 Å². The molecule has 0 aliphatic heterocycles. The number of halogens is 1. The van der Waals surface area contributed by atoms with Crippen LogP contribution in [0.15, 0.2) is 24.3 Å². The molecule has 4 nitrogen and oxygen atoms in total. The van der Waals surface area contributed by atoms with Gasteiger partial charge in [0.15, 0.2) is 0 Å². The number of hydrogen-bond acceptors (Lipinski definition) is 4. The van der Waals surface area contributed by atoms with Crippen molar-refractivity contribution in [3.63, 3.8) is 0 Å². The Morgan fingerprint density at radius 1 is 1.30 bits per heavy atom. The van der Waals surface area contributed by atoms with Crippen LogP contribution in [-0.4, -0.2) is 30.4 Å². The minimum Gasteiger partial charge on any atom is -0.469 e. The zero-order valence-corrected chi connectivity index (χ0v) is 19.9. The molecule has 0 amide bonds. The average Bonchev–Trinajstić information content (AvgIpc) is 3.04. The lowest BCUT2D eigenvalue weighted by Crippen LogP contribution is -2.18. The zero-order valence-electron chi connectivity index (χ0n) is 16.7. The van der Waals surface area contributed by atoms with Gasteiger partial charge in [0.25, 0.3) is 0 Å². The molecule has 27 heavy (non-hydrogen) atoms. The normalized spacial score (nSPS) is 24.5. The van der Waals surface area contributed by atoms with E-state index < -0.39 is 0 Å². The molecule has 0 saturated heterocycles. The highest BCUT2D eigenvalue weighted by Crippen LogP contribution is 2.41. The van der Waals surface area contributed by atoms with Crippen molar-refractivity contribution >= 4 is 34.5 Å². The van der Waals surface area contributed by atoms with Crippen molar-refractivity contribution in [1.29, 1.82) is 0 Å². The van der Waals surface area contributed by atoms with Crippen LogP contribution in [0.5, 0.6) is 0 Å². The number of methoxy groups -OCH3 is 1. The van der Waals surface area contributed by atoms with E-state index >= 15 is 0 Å². The first-order chi connectivity index (χ1) is 13.1. The summed E-state index contributed by atoms with van der Waals surface area (Å²) in [6, 6.07) is 0. The summed E-state index contributed by atoms with van der Waals surface area (Å²) in [5.41, 5.74) is 0. The number of aliphatic hydroxyl groups excluding tert-OH is 1. The van der Waals surface area contributed by atoms with Crippen molar-refractivity contribution in [1.82, 2.24) is 0 Å². The molecule has 0 spiro atoms. The molecule has 0 radical (unpaired) electrons. The highest BCUT2D eigenvalue weighted by atomic mass is 127. The van der Waals surface area contributed by atoms with Crippen LogP contribution < -0.4 is 0 Å². The SMILES string of the molecule is CCCCC[C@H](O)/C=C/[C@@H]1[C@@H](C/C=C\CCCC(=O)OC)CC[C@H]1OPI. The Hall–Kier alpha value is 0.0300. The summed E-state index contributed by atoms with van der Waals surface area (Å²) >= 11 is 2.29. The maximum atomic E-state index is 11.1. The Bertz CT molecular complexity index is 455. The number of allylic oxidation sites excluding steroid dienone is 2. The lowest BCUT2D eigenvalue weighted by molar-refractivity contribution is -0.140. The second-order valence-electron chi connectivity index (χ2n) is 7.27. The van der Waals surface area contributed by atoms with E-state index in [9.17, 15) is 9.90 Å². The van der Waals surface area contributed by atoms with Crippen molar-refractivity contribution in [2.24, 2.45) is 11.8 Å². The van der Waals surface area contributed by atoms with Gasteiger partial charge < -0.3 is 14.4 Å². The first kappa shape index (κ1) is 25.1. The summed E-state index contributed by atoms with van der Waals surface area (Å²) in [7, 11) is 1.43. The molecule has 0 aromatic carbocycles. The molecule has 1 aliphatic rings. The fraction of sp³-hybridized carbons (Fsp3) is 0.762. The minimum absolute atomic E-state index is 0.137. The standard InChI is InChI=1S/C21H36IO4P/c1-3-4-7-11-18(23)14-15-19-17(13-16-20(19)26-27-22)10-8-5-6-9-12-21(24)25-2/h5,8,14-15,17-20,23,27H,3-4,6-7,9-13,16H2,1-2H3/b8-5-,15-14+/t17-,18-,19+,20+/m0/s1. The van der Waals surface area contributed by atoms with Crippen LogP contribution in [0.4, 0.5) is 0 Å². The van der Waals surface area contributed by atoms with E-state index in [2.05, 4.69) is 51.9 Å². The van der Waals surface area contributed by atoms with Crippen molar-refractivity contribution in [2.45, 2.75) is 83.3 Å². The third-order valence-corrected chi connectivity index (χ3v) is 6.39. The molecule has 0 bridgehead atoms. The van der Waals surface area contributed by atoms with Crippen molar-refractivity contribution in [2.75, 3.05) is 7.11 Å². The lowest BCUT2D eigenvalue weighted by atomic mass is 9.90. The number of unbranched alkanes of at least 4 members (excludes halogenated alkanes) is 3. The highest BCUT2D eigenvalue weighted by molar-refractivity contribution is 14.2. The molecule has 0 aromatic heterocycles. The quantitative estimate of drug-likeness (QED) is 0.101. The molecule has 1 N–H and O–H groups in total. The largest absolute Gasteiger partial charge is 0.469 e. The van der Waals surface area contributed by atoms with E-state index in [1.54, 1.807) is 0 Å². The summed E-state index contributed by atoms with van der Waals surface area (Å²) in [4.78, 5) is 11.1. The molecule has 5 atom stereocenters. The molecule has 1 fully saturated rings. The van der Waals surface area contributed by atoms with E-state index in [0.717, 1.165) is 38.5 Å². The second kappa shape index (κ2) is 15.9. The molecule has 1 saturated carbocycles. The number of carbonyl (C=O) groups is 1. The van der Waals surface area contributed by atoms with Crippen LogP contribution >= 0.6 is 28.5 Å². The van der Waals surface area contributed by atoms with Gasteiger partial charge in [-0.2, -0.15) is 0 Å². The predicted octanol–water partition coefficient (Wildman–Crippen LogP) is 6.13. The molecule has 6 heteroatoms. The molecular formula is C21H36IO4P. The van der Waals surface area contributed by atoms with Gasteiger partial charge in [-0.05, 0) is 66.5 Å². The molecule has 0 heterocycles. The first-order valence-corrected chi connectivity index (χ1v) is 14.2. The smallest absolute Gasteiger partial charge is 0.305 e. The third kappa shape index (κ3) is 11.0. The van der Waals surface area contributed by atoms with Crippen LogP contribution in [-0.2, 0) is 14.1 Å². The number of ether oxygens (including phenoxy) is 1. The average molecular weight is 510 g/mol. The monoisotopic (exact) mass is 510 g/mol. The van der Waals surface area contributed by atoms with Gasteiger partial charge in [-0.1, -0.05) is 50.5 Å². The Morgan fingerprint density at radius 2 is 2.11 bits per heavy atom. The zero-order chi connectivity index (χ0) is 19.9. The molecule has 1 rings (SSSR count). The van der Waals surface area contributed by atoms with Crippen LogP contribution in [0.2, 0.25) is 0 Å². The van der Waals surface area contributed by atoms with Crippen molar-refractivity contribution in [3.8, 4) is 0 Å². The van der Waals surface area contributed by atoms with Gasteiger partial charge in [0.05, 0.1) is 25.8 Å². The molecular weight excluding hydrogens is 474 g/mol. The van der Waals surface area contributed by atoms with E-state index in [-0.39, 0.29) is 18.2 Å². The molecule has 1 aliphatic carbocycles. The lowest BCUT2D eigenvalue weighted by Gasteiger charge is -2.21. The number of hydrogen-bond donors (Lipinski definition) is 1.